The van der Waals surface area contributed by atoms with Gasteiger partial charge in [-0.2, -0.15) is 0 Å². The van der Waals surface area contributed by atoms with Crippen LogP contribution in [-0.4, -0.2) is 40.2 Å². The molecule has 1 aromatic rings. The molecule has 0 unspecified atom stereocenters. The van der Waals surface area contributed by atoms with Crippen molar-refractivity contribution in [1.29, 1.82) is 0 Å². The predicted octanol–water partition coefficient (Wildman–Crippen LogP) is 2.41. The molecule has 0 saturated heterocycles. The zero-order valence-corrected chi connectivity index (χ0v) is 16.0. The van der Waals surface area contributed by atoms with E-state index in [1.54, 1.807) is 27.7 Å². The van der Waals surface area contributed by atoms with Gasteiger partial charge in [0.15, 0.2) is 5.69 Å². The number of ether oxygens (including phenoxy) is 1. The summed E-state index contributed by atoms with van der Waals surface area (Å²) in [5.41, 5.74) is -0.668. The fourth-order valence-corrected chi connectivity index (χ4v) is 2.12. The second kappa shape index (κ2) is 8.68. The van der Waals surface area contributed by atoms with Gasteiger partial charge < -0.3 is 24.9 Å². The van der Waals surface area contributed by atoms with Gasteiger partial charge >= 0.3 is 12.1 Å². The number of carboxylic acids is 1. The van der Waals surface area contributed by atoms with Crippen LogP contribution in [0.25, 0.3) is 0 Å². The SMILES string of the molecule is CC[C@H](C)[C@H](NC(=O)OC(C)(C)C)c1nc(C(=O)NCC(=O)O)c(C)o1. The van der Waals surface area contributed by atoms with E-state index in [1.165, 1.54) is 0 Å². The molecule has 1 heterocycles. The number of hydrogen-bond donors (Lipinski definition) is 3. The molecule has 146 valence electrons. The van der Waals surface area contributed by atoms with E-state index in [0.29, 0.717) is 0 Å². The summed E-state index contributed by atoms with van der Waals surface area (Å²) in [4.78, 5) is 38.9. The van der Waals surface area contributed by atoms with Gasteiger partial charge in [0.2, 0.25) is 5.89 Å². The molecule has 1 rings (SSSR count). The second-order valence-electron chi connectivity index (χ2n) is 7.04. The summed E-state index contributed by atoms with van der Waals surface area (Å²) >= 11 is 0. The smallest absolute Gasteiger partial charge is 0.408 e. The number of carbonyl (C=O) groups excluding carboxylic acids is 2. The summed E-state index contributed by atoms with van der Waals surface area (Å²) in [6.07, 6.45) is 0.109. The second-order valence-corrected chi connectivity index (χ2v) is 7.04. The number of aryl methyl sites for hydroxylation is 1. The van der Waals surface area contributed by atoms with Crippen LogP contribution in [0, 0.1) is 12.8 Å². The number of carboxylic acid groups (broad SMARTS) is 1. The molecule has 2 atom stereocenters. The molecule has 0 aliphatic heterocycles. The average molecular weight is 369 g/mol. The lowest BCUT2D eigenvalue weighted by molar-refractivity contribution is -0.135. The molecule has 0 aliphatic carbocycles. The van der Waals surface area contributed by atoms with Crippen LogP contribution in [0.3, 0.4) is 0 Å². The number of amides is 2. The van der Waals surface area contributed by atoms with Crippen LogP contribution in [0.2, 0.25) is 0 Å². The Kier molecular flexibility index (Phi) is 7.17. The summed E-state index contributed by atoms with van der Waals surface area (Å²) in [5, 5.41) is 13.6. The zero-order valence-electron chi connectivity index (χ0n) is 16.0. The molecular formula is C17H27N3O6. The Morgan fingerprint density at radius 3 is 2.42 bits per heavy atom. The number of alkyl carbamates (subject to hydrolysis) is 1. The fourth-order valence-electron chi connectivity index (χ4n) is 2.12. The largest absolute Gasteiger partial charge is 0.480 e. The highest BCUT2D eigenvalue weighted by Crippen LogP contribution is 2.26. The van der Waals surface area contributed by atoms with E-state index in [1.807, 2.05) is 13.8 Å². The van der Waals surface area contributed by atoms with Crippen LogP contribution >= 0.6 is 0 Å². The van der Waals surface area contributed by atoms with Gasteiger partial charge in [0.1, 0.15) is 23.9 Å². The Balaban J connectivity index is 3.01. The topological polar surface area (TPSA) is 131 Å². The Morgan fingerprint density at radius 1 is 1.31 bits per heavy atom. The van der Waals surface area contributed by atoms with Gasteiger partial charge in [-0.05, 0) is 33.6 Å². The molecule has 0 aromatic carbocycles. The summed E-state index contributed by atoms with van der Waals surface area (Å²) in [5.74, 6) is -1.44. The molecule has 9 nitrogen and oxygen atoms in total. The molecule has 0 bridgehead atoms. The normalized spacial score (nSPS) is 13.6. The minimum atomic E-state index is -1.16. The van der Waals surface area contributed by atoms with E-state index in [9.17, 15) is 14.4 Å². The van der Waals surface area contributed by atoms with E-state index in [2.05, 4.69) is 15.6 Å². The number of oxazole rings is 1. The number of rotatable bonds is 7. The van der Waals surface area contributed by atoms with Crippen LogP contribution in [0.5, 0.6) is 0 Å². The van der Waals surface area contributed by atoms with Crippen LogP contribution in [0.4, 0.5) is 4.79 Å². The van der Waals surface area contributed by atoms with Gasteiger partial charge in [-0.3, -0.25) is 9.59 Å². The first kappa shape index (κ1) is 21.5. The van der Waals surface area contributed by atoms with E-state index in [-0.39, 0.29) is 23.3 Å². The van der Waals surface area contributed by atoms with Gasteiger partial charge in [-0.1, -0.05) is 20.3 Å². The molecule has 3 N–H and O–H groups in total. The third kappa shape index (κ3) is 6.38. The van der Waals surface area contributed by atoms with E-state index >= 15 is 0 Å². The lowest BCUT2D eigenvalue weighted by atomic mass is 9.99. The third-order valence-electron chi connectivity index (χ3n) is 3.58. The van der Waals surface area contributed by atoms with E-state index in [0.717, 1.165) is 6.42 Å². The minimum Gasteiger partial charge on any atom is -0.480 e. The summed E-state index contributed by atoms with van der Waals surface area (Å²) in [6, 6.07) is -0.588. The predicted molar refractivity (Wildman–Crippen MR) is 92.8 cm³/mol. The quantitative estimate of drug-likeness (QED) is 0.672. The lowest BCUT2D eigenvalue weighted by Crippen LogP contribution is -2.37. The maximum atomic E-state index is 12.1. The fraction of sp³-hybridized carbons (Fsp3) is 0.647. The Bertz CT molecular complexity index is 662. The Labute approximate surface area is 152 Å². The molecule has 0 saturated carbocycles. The van der Waals surface area contributed by atoms with E-state index in [4.69, 9.17) is 14.3 Å². The van der Waals surface area contributed by atoms with Crippen molar-refractivity contribution in [2.75, 3.05) is 6.54 Å². The standard InChI is InChI=1S/C17H27N3O6/c1-7-9(2)12(20-16(24)26-17(4,5)6)15-19-13(10(3)25-15)14(23)18-8-11(21)22/h9,12H,7-8H2,1-6H3,(H,18,23)(H,20,24)(H,21,22)/t9-,12-/m0/s1. The molecule has 9 heteroatoms. The molecule has 2 amide bonds. The highest BCUT2D eigenvalue weighted by atomic mass is 16.6. The summed E-state index contributed by atoms with van der Waals surface area (Å²) in [7, 11) is 0. The van der Waals surface area contributed by atoms with Gasteiger partial charge in [-0.25, -0.2) is 9.78 Å². The molecule has 26 heavy (non-hydrogen) atoms. The van der Waals surface area contributed by atoms with Gasteiger partial charge in [-0.15, -0.1) is 0 Å². The first-order valence-electron chi connectivity index (χ1n) is 8.41. The monoisotopic (exact) mass is 369 g/mol. The Morgan fingerprint density at radius 2 is 1.92 bits per heavy atom. The van der Waals surface area contributed by atoms with Crippen molar-refractivity contribution < 1.29 is 28.6 Å². The number of nitrogens with one attached hydrogen (secondary N) is 2. The molecule has 0 radical (unpaired) electrons. The highest BCUT2D eigenvalue weighted by Gasteiger charge is 2.29. The number of hydrogen-bond acceptors (Lipinski definition) is 6. The van der Waals surface area contributed by atoms with Crippen molar-refractivity contribution in [2.45, 2.75) is 59.6 Å². The number of aromatic nitrogens is 1. The molecule has 0 fully saturated rings. The molecule has 1 aromatic heterocycles. The Hall–Kier alpha value is -2.58. The summed E-state index contributed by atoms with van der Waals surface area (Å²) < 4.78 is 10.8. The van der Waals surface area contributed by atoms with Crippen molar-refractivity contribution in [2.24, 2.45) is 5.92 Å². The van der Waals surface area contributed by atoms with Crippen LogP contribution < -0.4 is 10.6 Å². The molecular weight excluding hydrogens is 342 g/mol. The molecule has 0 aliphatic rings. The zero-order chi connectivity index (χ0) is 20.1. The molecule has 0 spiro atoms. The van der Waals surface area contributed by atoms with Crippen LogP contribution in [-0.2, 0) is 9.53 Å². The van der Waals surface area contributed by atoms with Crippen molar-refractivity contribution in [3.63, 3.8) is 0 Å². The lowest BCUT2D eigenvalue weighted by Gasteiger charge is -2.25. The van der Waals surface area contributed by atoms with Crippen LogP contribution in [0.1, 0.15) is 69.2 Å². The highest BCUT2D eigenvalue weighted by molar-refractivity contribution is 5.94. The maximum absolute atomic E-state index is 12.1. The van der Waals surface area contributed by atoms with Crippen molar-refractivity contribution in [1.82, 2.24) is 15.6 Å². The minimum absolute atomic E-state index is 0.0134. The van der Waals surface area contributed by atoms with Gasteiger partial charge in [0.25, 0.3) is 5.91 Å². The van der Waals surface area contributed by atoms with Crippen LogP contribution in [0.15, 0.2) is 4.42 Å². The van der Waals surface area contributed by atoms with Crippen molar-refractivity contribution in [3.8, 4) is 0 Å². The first-order valence-corrected chi connectivity index (χ1v) is 8.41. The number of carbonyl (C=O) groups is 3. The number of aliphatic carboxylic acids is 1. The van der Waals surface area contributed by atoms with Gasteiger partial charge in [0, 0.05) is 0 Å². The van der Waals surface area contributed by atoms with E-state index < -0.39 is 36.2 Å². The first-order chi connectivity index (χ1) is 11.9. The summed E-state index contributed by atoms with van der Waals surface area (Å²) in [6.45, 7) is 10.1. The van der Waals surface area contributed by atoms with Crippen molar-refractivity contribution >= 4 is 18.0 Å². The average Bonchev–Trinajstić information content (AvgIpc) is 2.89. The van der Waals surface area contributed by atoms with Crippen molar-refractivity contribution in [3.05, 3.63) is 17.3 Å². The third-order valence-corrected chi connectivity index (χ3v) is 3.58. The maximum Gasteiger partial charge on any atom is 0.408 e. The number of nitrogens with zero attached hydrogens (tertiary/aromatic N) is 1. The van der Waals surface area contributed by atoms with Gasteiger partial charge in [0.05, 0.1) is 0 Å².